The van der Waals surface area contributed by atoms with Gasteiger partial charge in [0, 0.05) is 5.56 Å². The number of nitrogens with zero attached hydrogens (tertiary/aromatic N) is 1. The predicted octanol–water partition coefficient (Wildman–Crippen LogP) is 3.00. The van der Waals surface area contributed by atoms with E-state index < -0.39 is 28.5 Å². The zero-order valence-electron chi connectivity index (χ0n) is 13.9. The fraction of sp³-hybridized carbons (Fsp3) is 0.235. The van der Waals surface area contributed by atoms with Gasteiger partial charge < -0.3 is 14.3 Å². The minimum absolute atomic E-state index is 0.202. The van der Waals surface area contributed by atoms with Crippen molar-refractivity contribution in [3.05, 3.63) is 60.2 Å². The van der Waals surface area contributed by atoms with Crippen LogP contribution in [0, 0.1) is 0 Å². The van der Waals surface area contributed by atoms with Gasteiger partial charge in [0.15, 0.2) is 16.4 Å². The van der Waals surface area contributed by atoms with E-state index in [-0.39, 0.29) is 18.8 Å². The lowest BCUT2D eigenvalue weighted by molar-refractivity contribution is -0.0610. The molecule has 0 aliphatic heterocycles. The molecule has 0 amide bonds. The molecule has 2 aromatic carbocycles. The molecule has 0 atom stereocenters. The Labute approximate surface area is 155 Å². The van der Waals surface area contributed by atoms with Crippen molar-refractivity contribution in [1.29, 1.82) is 0 Å². The number of hydrogen-bond acceptors (Lipinski definition) is 6. The molecular formula is C17H16F3NO5S. The van der Waals surface area contributed by atoms with Gasteiger partial charge in [0.2, 0.25) is 5.94 Å². The first-order valence-electron chi connectivity index (χ1n) is 7.66. The smallest absolute Gasteiger partial charge is 0.437 e. The molecule has 10 heteroatoms. The van der Waals surface area contributed by atoms with Crippen molar-refractivity contribution >= 4 is 16.4 Å². The number of halogens is 3. The van der Waals surface area contributed by atoms with E-state index in [4.69, 9.17) is 9.47 Å². The number of oxime groups is 1. The van der Waals surface area contributed by atoms with Gasteiger partial charge in [0.25, 0.3) is 0 Å². The fourth-order valence-electron chi connectivity index (χ4n) is 1.95. The summed E-state index contributed by atoms with van der Waals surface area (Å²) in [6.45, 7) is 0.469. The average molecular weight is 403 g/mol. The van der Waals surface area contributed by atoms with Crippen LogP contribution in [0.3, 0.4) is 0 Å². The summed E-state index contributed by atoms with van der Waals surface area (Å²) >= 11 is 0. The van der Waals surface area contributed by atoms with E-state index in [0.29, 0.717) is 11.5 Å². The van der Waals surface area contributed by atoms with E-state index in [1.54, 1.807) is 12.1 Å². The van der Waals surface area contributed by atoms with Crippen molar-refractivity contribution in [3.63, 3.8) is 0 Å². The molecule has 27 heavy (non-hydrogen) atoms. The summed E-state index contributed by atoms with van der Waals surface area (Å²) in [6, 6.07) is 14.1. The first-order valence-corrected chi connectivity index (χ1v) is 9.02. The Kier molecular flexibility index (Phi) is 7.47. The molecular weight excluding hydrogens is 387 g/mol. The highest BCUT2D eigenvalue weighted by molar-refractivity contribution is 7.72. The number of rotatable bonds is 9. The van der Waals surface area contributed by atoms with Gasteiger partial charge in [-0.3, -0.25) is 0 Å². The SMILES string of the molecule is O=[SH](=O)CON=C(c1ccc(OCCOc2ccccc2)cc1)C(F)(F)F. The average Bonchev–Trinajstić information content (AvgIpc) is 2.63. The highest BCUT2D eigenvalue weighted by atomic mass is 32.2. The number of thiol groups is 1. The number of alkyl halides is 3. The first-order chi connectivity index (χ1) is 12.9. The fourth-order valence-corrected chi connectivity index (χ4v) is 2.11. The minimum atomic E-state index is -4.81. The van der Waals surface area contributed by atoms with E-state index in [2.05, 4.69) is 9.99 Å². The lowest BCUT2D eigenvalue weighted by atomic mass is 10.1. The van der Waals surface area contributed by atoms with E-state index >= 15 is 0 Å². The van der Waals surface area contributed by atoms with Gasteiger partial charge in [0.1, 0.15) is 24.7 Å². The molecule has 0 aliphatic rings. The highest BCUT2D eigenvalue weighted by Gasteiger charge is 2.37. The van der Waals surface area contributed by atoms with Crippen molar-refractivity contribution in [3.8, 4) is 11.5 Å². The minimum Gasteiger partial charge on any atom is -0.490 e. The van der Waals surface area contributed by atoms with Gasteiger partial charge in [-0.15, -0.1) is 0 Å². The Balaban J connectivity index is 1.93. The van der Waals surface area contributed by atoms with Gasteiger partial charge in [0.05, 0.1) is 0 Å². The maximum Gasteiger partial charge on any atom is 0.437 e. The predicted molar refractivity (Wildman–Crippen MR) is 92.7 cm³/mol. The van der Waals surface area contributed by atoms with Crippen LogP contribution in [-0.2, 0) is 15.5 Å². The number of para-hydroxylation sites is 1. The van der Waals surface area contributed by atoms with Gasteiger partial charge in [-0.2, -0.15) is 13.2 Å². The lowest BCUT2D eigenvalue weighted by Gasteiger charge is -2.11. The standard InChI is InChI=1S/C17H16F3NO5S/c18-17(19,20)16(21-26-12-27(22)23)13-6-8-15(9-7-13)25-11-10-24-14-4-2-1-3-5-14/h1-9,27H,10-12H2. The third-order valence-corrected chi connectivity index (χ3v) is 3.41. The second-order valence-electron chi connectivity index (χ2n) is 5.06. The third kappa shape index (κ3) is 7.18. The highest BCUT2D eigenvalue weighted by Crippen LogP contribution is 2.24. The summed E-state index contributed by atoms with van der Waals surface area (Å²) in [6.07, 6.45) is -4.81. The number of hydrogen-bond donors (Lipinski definition) is 1. The topological polar surface area (TPSA) is 74.2 Å². The van der Waals surface area contributed by atoms with E-state index in [1.807, 2.05) is 18.2 Å². The van der Waals surface area contributed by atoms with Crippen molar-refractivity contribution in [2.75, 3.05) is 19.2 Å². The van der Waals surface area contributed by atoms with Gasteiger partial charge in [-0.05, 0) is 36.4 Å². The molecule has 0 N–H and O–H groups in total. The molecule has 0 aromatic heterocycles. The Bertz CT molecular complexity index is 813. The van der Waals surface area contributed by atoms with E-state index in [1.165, 1.54) is 12.1 Å². The van der Waals surface area contributed by atoms with Crippen molar-refractivity contribution in [2.24, 2.45) is 5.16 Å². The van der Waals surface area contributed by atoms with E-state index in [9.17, 15) is 21.6 Å². The molecule has 2 rings (SSSR count). The molecule has 0 spiro atoms. The summed E-state index contributed by atoms with van der Waals surface area (Å²) in [7, 11) is -3.00. The second kappa shape index (κ2) is 9.81. The van der Waals surface area contributed by atoms with Gasteiger partial charge >= 0.3 is 6.18 Å². The number of benzene rings is 2. The van der Waals surface area contributed by atoms with Crippen LogP contribution in [-0.4, -0.2) is 39.5 Å². The Morgan fingerprint density at radius 3 is 1.96 bits per heavy atom. The molecule has 0 radical (unpaired) electrons. The summed E-state index contributed by atoms with van der Waals surface area (Å²) in [5.41, 5.74) is -1.62. The Morgan fingerprint density at radius 2 is 1.44 bits per heavy atom. The zero-order chi connectivity index (χ0) is 19.7. The maximum absolute atomic E-state index is 13.0. The van der Waals surface area contributed by atoms with Crippen LogP contribution < -0.4 is 9.47 Å². The molecule has 0 saturated carbocycles. The molecule has 0 saturated heterocycles. The lowest BCUT2D eigenvalue weighted by Crippen LogP contribution is -2.24. The van der Waals surface area contributed by atoms with E-state index in [0.717, 1.165) is 12.1 Å². The summed E-state index contributed by atoms with van der Waals surface area (Å²) in [5.74, 6) is 0.0974. The first kappa shape index (κ1) is 20.6. The zero-order valence-corrected chi connectivity index (χ0v) is 14.8. The molecule has 0 fully saturated rings. The molecule has 0 unspecified atom stereocenters. The molecule has 6 nitrogen and oxygen atoms in total. The van der Waals surface area contributed by atoms with Crippen molar-refractivity contribution in [1.82, 2.24) is 0 Å². The number of ether oxygens (including phenoxy) is 2. The van der Waals surface area contributed by atoms with Crippen LogP contribution in [0.5, 0.6) is 11.5 Å². The van der Waals surface area contributed by atoms with Crippen molar-refractivity contribution in [2.45, 2.75) is 6.18 Å². The molecule has 146 valence electrons. The summed E-state index contributed by atoms with van der Waals surface area (Å²) in [5, 5.41) is 2.89. The summed E-state index contributed by atoms with van der Waals surface area (Å²) < 4.78 is 70.7. The van der Waals surface area contributed by atoms with Crippen molar-refractivity contribution < 1.29 is 35.9 Å². The van der Waals surface area contributed by atoms with Crippen LogP contribution in [0.2, 0.25) is 0 Å². The molecule has 0 heterocycles. The van der Waals surface area contributed by atoms with Gasteiger partial charge in [-0.1, -0.05) is 23.4 Å². The van der Waals surface area contributed by atoms with Crippen LogP contribution in [0.25, 0.3) is 0 Å². The largest absolute Gasteiger partial charge is 0.490 e. The van der Waals surface area contributed by atoms with Crippen LogP contribution in [0.1, 0.15) is 5.56 Å². The Hall–Kier alpha value is -2.75. The van der Waals surface area contributed by atoms with Gasteiger partial charge in [-0.25, -0.2) is 8.42 Å². The quantitative estimate of drug-likeness (QED) is 0.302. The van der Waals surface area contributed by atoms with Crippen LogP contribution >= 0.6 is 0 Å². The van der Waals surface area contributed by atoms with Crippen LogP contribution in [0.15, 0.2) is 59.8 Å². The Morgan fingerprint density at radius 1 is 0.889 bits per heavy atom. The third-order valence-electron chi connectivity index (χ3n) is 3.08. The molecule has 0 aliphatic carbocycles. The second-order valence-corrected chi connectivity index (χ2v) is 5.99. The maximum atomic E-state index is 13.0. The normalized spacial score (nSPS) is 12.1. The summed E-state index contributed by atoms with van der Waals surface area (Å²) in [4.78, 5) is 4.21. The molecule has 0 bridgehead atoms. The van der Waals surface area contributed by atoms with Crippen LogP contribution in [0.4, 0.5) is 13.2 Å². The monoisotopic (exact) mass is 403 g/mol. The molecule has 2 aromatic rings.